The number of amides is 1. The molecule has 1 N–H and O–H groups in total. The van der Waals surface area contributed by atoms with E-state index in [2.05, 4.69) is 21.2 Å². The van der Waals surface area contributed by atoms with Gasteiger partial charge in [-0.3, -0.25) is 4.79 Å². The maximum absolute atomic E-state index is 13.1. The first-order chi connectivity index (χ1) is 12.0. The number of hydrogen-bond donors (Lipinski definition) is 1. The fourth-order valence-electron chi connectivity index (χ4n) is 2.23. The second-order valence-electron chi connectivity index (χ2n) is 5.21. The zero-order valence-electron chi connectivity index (χ0n) is 14.1. The topological polar surface area (TPSA) is 56.8 Å². The van der Waals surface area contributed by atoms with Crippen molar-refractivity contribution in [2.75, 3.05) is 14.2 Å². The summed E-state index contributed by atoms with van der Waals surface area (Å²) in [6.45, 7) is 1.88. The molecule has 0 aliphatic heterocycles. The van der Waals surface area contributed by atoms with Crippen LogP contribution < -0.4 is 19.5 Å². The maximum Gasteiger partial charge on any atom is 0.261 e. The molecule has 25 heavy (non-hydrogen) atoms. The minimum absolute atomic E-state index is 0.261. The van der Waals surface area contributed by atoms with Crippen LogP contribution >= 0.6 is 15.9 Å². The van der Waals surface area contributed by atoms with Crippen LogP contribution in [0.4, 0.5) is 4.39 Å². The predicted octanol–water partition coefficient (Wildman–Crippen LogP) is 3.69. The average molecular weight is 412 g/mol. The first kappa shape index (κ1) is 19.1. The fourth-order valence-corrected chi connectivity index (χ4v) is 2.68. The van der Waals surface area contributed by atoms with Crippen LogP contribution in [0.15, 0.2) is 40.9 Å². The first-order valence-corrected chi connectivity index (χ1v) is 8.34. The molecule has 1 unspecified atom stereocenters. The van der Waals surface area contributed by atoms with Gasteiger partial charge < -0.3 is 19.5 Å². The van der Waals surface area contributed by atoms with Crippen LogP contribution in [-0.4, -0.2) is 26.2 Å². The molecule has 2 aromatic rings. The molecule has 1 amide bonds. The number of benzene rings is 2. The summed E-state index contributed by atoms with van der Waals surface area (Å²) in [5.41, 5.74) is 0.783. The summed E-state index contributed by atoms with van der Waals surface area (Å²) in [6, 6.07) is 9.45. The lowest BCUT2D eigenvalue weighted by atomic mass is 10.2. The van der Waals surface area contributed by atoms with Crippen molar-refractivity contribution in [1.29, 1.82) is 0 Å². The zero-order chi connectivity index (χ0) is 18.4. The van der Waals surface area contributed by atoms with Gasteiger partial charge >= 0.3 is 0 Å². The van der Waals surface area contributed by atoms with Crippen molar-refractivity contribution in [2.24, 2.45) is 0 Å². The molecule has 0 radical (unpaired) electrons. The molecule has 5 nitrogen and oxygen atoms in total. The quantitative estimate of drug-likeness (QED) is 0.754. The Labute approximate surface area is 154 Å². The van der Waals surface area contributed by atoms with Crippen molar-refractivity contribution < 1.29 is 23.4 Å². The van der Waals surface area contributed by atoms with Crippen molar-refractivity contribution in [2.45, 2.75) is 19.6 Å². The second-order valence-corrected chi connectivity index (χ2v) is 6.06. The number of rotatable bonds is 7. The summed E-state index contributed by atoms with van der Waals surface area (Å²) in [6.07, 6.45) is -0.752. The Morgan fingerprint density at radius 1 is 1.20 bits per heavy atom. The van der Waals surface area contributed by atoms with Crippen LogP contribution in [0.25, 0.3) is 0 Å². The van der Waals surface area contributed by atoms with Gasteiger partial charge in [0.25, 0.3) is 5.91 Å². The number of hydrogen-bond acceptors (Lipinski definition) is 4. The Morgan fingerprint density at radius 3 is 2.60 bits per heavy atom. The molecule has 0 fully saturated rings. The molecule has 134 valence electrons. The van der Waals surface area contributed by atoms with E-state index < -0.39 is 6.10 Å². The molecule has 0 saturated heterocycles. The smallest absolute Gasteiger partial charge is 0.261 e. The van der Waals surface area contributed by atoms with Crippen molar-refractivity contribution in [3.8, 4) is 17.2 Å². The van der Waals surface area contributed by atoms with Gasteiger partial charge in [0, 0.05) is 12.1 Å². The maximum atomic E-state index is 13.1. The standard InChI is InChI=1S/C18H19BrFNO4/c1-11(25-15-8-7-13(20)9-14(15)19)18(22)21-10-12-5-4-6-16(23-2)17(12)24-3/h4-9,11H,10H2,1-3H3,(H,21,22). The minimum Gasteiger partial charge on any atom is -0.493 e. The van der Waals surface area contributed by atoms with Crippen LogP contribution in [0.5, 0.6) is 17.2 Å². The highest BCUT2D eigenvalue weighted by Crippen LogP contribution is 2.30. The Bertz CT molecular complexity index is 754. The van der Waals surface area contributed by atoms with Crippen molar-refractivity contribution in [3.05, 3.63) is 52.3 Å². The highest BCUT2D eigenvalue weighted by Gasteiger charge is 2.17. The minimum atomic E-state index is -0.752. The van der Waals surface area contributed by atoms with Crippen LogP contribution in [0.2, 0.25) is 0 Å². The van der Waals surface area contributed by atoms with Gasteiger partial charge in [-0.05, 0) is 47.1 Å². The summed E-state index contributed by atoms with van der Waals surface area (Å²) in [5.74, 6) is 0.861. The lowest BCUT2D eigenvalue weighted by Crippen LogP contribution is -2.36. The van der Waals surface area contributed by atoms with Gasteiger partial charge in [-0.15, -0.1) is 0 Å². The highest BCUT2D eigenvalue weighted by atomic mass is 79.9. The fraction of sp³-hybridized carbons (Fsp3) is 0.278. The molecule has 0 aliphatic carbocycles. The molecule has 0 saturated carbocycles. The molecule has 1 atom stereocenters. The van der Waals surface area contributed by atoms with E-state index in [-0.39, 0.29) is 18.3 Å². The van der Waals surface area contributed by atoms with Crippen molar-refractivity contribution in [1.82, 2.24) is 5.32 Å². The summed E-state index contributed by atoms with van der Waals surface area (Å²) in [4.78, 5) is 12.3. The Kier molecular flexibility index (Phi) is 6.64. The normalized spacial score (nSPS) is 11.6. The summed E-state index contributed by atoms with van der Waals surface area (Å²) < 4.78 is 29.7. The summed E-state index contributed by atoms with van der Waals surface area (Å²) in [7, 11) is 3.09. The third-order valence-corrected chi connectivity index (χ3v) is 4.12. The lowest BCUT2D eigenvalue weighted by molar-refractivity contribution is -0.127. The van der Waals surface area contributed by atoms with Crippen LogP contribution in [0.3, 0.4) is 0 Å². The van der Waals surface area contributed by atoms with Gasteiger partial charge in [0.15, 0.2) is 17.6 Å². The van der Waals surface area contributed by atoms with E-state index in [1.807, 2.05) is 12.1 Å². The number of carbonyl (C=O) groups is 1. The molecule has 0 aliphatic rings. The van der Waals surface area contributed by atoms with Crippen molar-refractivity contribution in [3.63, 3.8) is 0 Å². The Morgan fingerprint density at radius 2 is 1.96 bits per heavy atom. The predicted molar refractivity (Wildman–Crippen MR) is 95.6 cm³/mol. The van der Waals surface area contributed by atoms with E-state index in [0.29, 0.717) is 21.7 Å². The van der Waals surface area contributed by atoms with Gasteiger partial charge in [-0.2, -0.15) is 0 Å². The van der Waals surface area contributed by atoms with E-state index in [4.69, 9.17) is 14.2 Å². The Balaban J connectivity index is 2.00. The largest absolute Gasteiger partial charge is 0.493 e. The first-order valence-electron chi connectivity index (χ1n) is 7.55. The van der Waals surface area contributed by atoms with Gasteiger partial charge in [0.2, 0.25) is 0 Å². The summed E-state index contributed by atoms with van der Waals surface area (Å²) >= 11 is 3.21. The van der Waals surface area contributed by atoms with Crippen LogP contribution in [-0.2, 0) is 11.3 Å². The number of nitrogens with one attached hydrogen (secondary N) is 1. The number of ether oxygens (including phenoxy) is 3. The van der Waals surface area contributed by atoms with E-state index >= 15 is 0 Å². The third kappa shape index (κ3) is 4.85. The van der Waals surface area contributed by atoms with Gasteiger partial charge in [-0.25, -0.2) is 4.39 Å². The molecule has 0 bridgehead atoms. The van der Waals surface area contributed by atoms with E-state index in [1.54, 1.807) is 27.2 Å². The van der Waals surface area contributed by atoms with Gasteiger partial charge in [0.1, 0.15) is 11.6 Å². The van der Waals surface area contributed by atoms with Gasteiger partial charge in [-0.1, -0.05) is 12.1 Å². The highest BCUT2D eigenvalue weighted by molar-refractivity contribution is 9.10. The number of para-hydroxylation sites is 1. The zero-order valence-corrected chi connectivity index (χ0v) is 15.7. The molecule has 0 heterocycles. The van der Waals surface area contributed by atoms with E-state index in [9.17, 15) is 9.18 Å². The number of halogens is 2. The molecule has 0 aromatic heterocycles. The van der Waals surface area contributed by atoms with E-state index in [1.165, 1.54) is 18.2 Å². The number of carbonyl (C=O) groups excluding carboxylic acids is 1. The lowest BCUT2D eigenvalue weighted by Gasteiger charge is -2.17. The molecule has 2 rings (SSSR count). The van der Waals surface area contributed by atoms with Crippen molar-refractivity contribution >= 4 is 21.8 Å². The SMILES string of the molecule is COc1cccc(CNC(=O)C(C)Oc2ccc(F)cc2Br)c1OC. The molecular weight excluding hydrogens is 393 g/mol. The second kappa shape index (κ2) is 8.71. The van der Waals surface area contributed by atoms with Crippen LogP contribution in [0, 0.1) is 5.82 Å². The third-order valence-electron chi connectivity index (χ3n) is 3.50. The van der Waals surface area contributed by atoms with Crippen LogP contribution in [0.1, 0.15) is 12.5 Å². The molecular formula is C18H19BrFNO4. The average Bonchev–Trinajstić information content (AvgIpc) is 2.61. The van der Waals surface area contributed by atoms with Gasteiger partial charge in [0.05, 0.1) is 18.7 Å². The number of methoxy groups -OCH3 is 2. The van der Waals surface area contributed by atoms with E-state index in [0.717, 1.165) is 5.56 Å². The Hall–Kier alpha value is -2.28. The molecule has 7 heteroatoms. The molecule has 0 spiro atoms. The monoisotopic (exact) mass is 411 g/mol. The molecule has 2 aromatic carbocycles. The summed E-state index contributed by atoms with van der Waals surface area (Å²) in [5, 5.41) is 2.79.